The number of nitrogens with one attached hydrogen (secondary N) is 4. The monoisotopic (exact) mass is 473 g/mol. The standard InChI is InChI=1S/C28H35N5O2/c1-18-12-13-21(33-28(35)26(16-29)31-17-22-9-6-14-30-22)15-25(18)27(34)32-19(2)23-11-5-8-20-7-3-4-10-24(20)23/h3-5,7-8,10-13,15,19,22,26,30-31H,6,9,14,16-17,29H2,1-2H3,(H,32,34)(H,33,35)/t19-,22-,26-/m1/s1. The average molecular weight is 474 g/mol. The van der Waals surface area contributed by atoms with Crippen LogP contribution >= 0.6 is 0 Å². The lowest BCUT2D eigenvalue weighted by molar-refractivity contribution is -0.117. The number of benzene rings is 3. The maximum atomic E-state index is 13.2. The normalized spacial score (nSPS) is 17.2. The van der Waals surface area contributed by atoms with Gasteiger partial charge in [-0.25, -0.2) is 0 Å². The van der Waals surface area contributed by atoms with Crippen LogP contribution in [0.25, 0.3) is 10.8 Å². The molecule has 1 heterocycles. The first kappa shape index (κ1) is 24.9. The highest BCUT2D eigenvalue weighted by molar-refractivity contribution is 6.00. The Labute approximate surface area is 206 Å². The third-order valence-corrected chi connectivity index (χ3v) is 6.71. The summed E-state index contributed by atoms with van der Waals surface area (Å²) in [7, 11) is 0. The molecular weight excluding hydrogens is 438 g/mol. The van der Waals surface area contributed by atoms with E-state index in [1.165, 1.54) is 0 Å². The second-order valence-corrected chi connectivity index (χ2v) is 9.27. The molecule has 2 amide bonds. The number of hydrogen-bond donors (Lipinski definition) is 5. The summed E-state index contributed by atoms with van der Waals surface area (Å²) in [6.07, 6.45) is 2.25. The number of hydrogen-bond acceptors (Lipinski definition) is 5. The van der Waals surface area contributed by atoms with Crippen LogP contribution in [0.1, 0.15) is 47.3 Å². The Balaban J connectivity index is 1.43. The average Bonchev–Trinajstić information content (AvgIpc) is 3.39. The number of carbonyl (C=O) groups is 2. The summed E-state index contributed by atoms with van der Waals surface area (Å²) in [5, 5.41) is 15.0. The molecule has 0 unspecified atom stereocenters. The van der Waals surface area contributed by atoms with Gasteiger partial charge in [-0.1, -0.05) is 48.5 Å². The Morgan fingerprint density at radius 3 is 2.69 bits per heavy atom. The van der Waals surface area contributed by atoms with Crippen LogP contribution in [0, 0.1) is 6.92 Å². The van der Waals surface area contributed by atoms with Gasteiger partial charge < -0.3 is 27.0 Å². The van der Waals surface area contributed by atoms with E-state index in [9.17, 15) is 9.59 Å². The Hall–Kier alpha value is -3.26. The van der Waals surface area contributed by atoms with Gasteiger partial charge in [0.2, 0.25) is 5.91 Å². The van der Waals surface area contributed by atoms with Crippen LogP contribution in [0.5, 0.6) is 0 Å². The lowest BCUT2D eigenvalue weighted by atomic mass is 9.99. The zero-order valence-corrected chi connectivity index (χ0v) is 20.4. The highest BCUT2D eigenvalue weighted by Gasteiger charge is 2.21. The molecule has 0 spiro atoms. The number of amides is 2. The first-order chi connectivity index (χ1) is 17.0. The van der Waals surface area contributed by atoms with Gasteiger partial charge in [0.25, 0.3) is 5.91 Å². The van der Waals surface area contributed by atoms with E-state index in [0.29, 0.717) is 23.8 Å². The van der Waals surface area contributed by atoms with Gasteiger partial charge in [0.1, 0.15) is 0 Å². The van der Waals surface area contributed by atoms with E-state index in [2.05, 4.69) is 39.5 Å². The molecule has 4 rings (SSSR count). The maximum absolute atomic E-state index is 13.2. The minimum Gasteiger partial charge on any atom is -0.345 e. The molecule has 7 nitrogen and oxygen atoms in total. The van der Waals surface area contributed by atoms with Crippen molar-refractivity contribution in [3.63, 3.8) is 0 Å². The maximum Gasteiger partial charge on any atom is 0.252 e. The molecule has 35 heavy (non-hydrogen) atoms. The number of rotatable bonds is 9. The van der Waals surface area contributed by atoms with Gasteiger partial charge in [-0.2, -0.15) is 0 Å². The van der Waals surface area contributed by atoms with Crippen molar-refractivity contribution in [3.05, 3.63) is 77.4 Å². The van der Waals surface area contributed by atoms with Crippen molar-refractivity contribution in [3.8, 4) is 0 Å². The van der Waals surface area contributed by atoms with Crippen LogP contribution < -0.4 is 27.0 Å². The predicted octanol–water partition coefficient (Wildman–Crippen LogP) is 3.25. The molecule has 184 valence electrons. The highest BCUT2D eigenvalue weighted by atomic mass is 16.2. The number of nitrogens with two attached hydrogens (primary N) is 1. The second-order valence-electron chi connectivity index (χ2n) is 9.27. The summed E-state index contributed by atoms with van der Waals surface area (Å²) in [4.78, 5) is 26.0. The van der Waals surface area contributed by atoms with Gasteiger partial charge >= 0.3 is 0 Å². The van der Waals surface area contributed by atoms with E-state index in [-0.39, 0.29) is 24.4 Å². The van der Waals surface area contributed by atoms with Crippen molar-refractivity contribution in [2.24, 2.45) is 5.73 Å². The molecule has 0 saturated carbocycles. The number of aryl methyl sites for hydroxylation is 1. The molecule has 3 aromatic rings. The van der Waals surface area contributed by atoms with Crippen LogP contribution in [0.2, 0.25) is 0 Å². The van der Waals surface area contributed by atoms with Crippen molar-refractivity contribution in [2.45, 2.75) is 44.8 Å². The molecule has 0 aromatic heterocycles. The largest absolute Gasteiger partial charge is 0.345 e. The van der Waals surface area contributed by atoms with Crippen LogP contribution in [0.3, 0.4) is 0 Å². The zero-order chi connectivity index (χ0) is 24.8. The summed E-state index contributed by atoms with van der Waals surface area (Å²) < 4.78 is 0. The number of carbonyl (C=O) groups excluding carboxylic acids is 2. The predicted molar refractivity (Wildman–Crippen MR) is 142 cm³/mol. The van der Waals surface area contributed by atoms with E-state index < -0.39 is 6.04 Å². The molecule has 0 radical (unpaired) electrons. The van der Waals surface area contributed by atoms with Gasteiger partial charge in [0.05, 0.1) is 12.1 Å². The molecule has 6 N–H and O–H groups in total. The summed E-state index contributed by atoms with van der Waals surface area (Å²) in [5.74, 6) is -0.385. The zero-order valence-electron chi connectivity index (χ0n) is 20.4. The first-order valence-electron chi connectivity index (χ1n) is 12.3. The van der Waals surface area contributed by atoms with Gasteiger partial charge in [-0.05, 0) is 67.3 Å². The summed E-state index contributed by atoms with van der Waals surface area (Å²) in [6.45, 7) is 5.78. The van der Waals surface area contributed by atoms with E-state index in [4.69, 9.17) is 5.73 Å². The van der Waals surface area contributed by atoms with Crippen LogP contribution in [-0.4, -0.2) is 43.5 Å². The van der Waals surface area contributed by atoms with Gasteiger partial charge in [0.15, 0.2) is 0 Å². The number of anilines is 1. The Bertz CT molecular complexity index is 1180. The highest BCUT2D eigenvalue weighted by Crippen LogP contribution is 2.25. The molecular formula is C28H35N5O2. The van der Waals surface area contributed by atoms with Gasteiger partial charge in [-0.3, -0.25) is 9.59 Å². The summed E-state index contributed by atoms with van der Waals surface area (Å²) in [6, 6.07) is 19.3. The molecule has 1 saturated heterocycles. The summed E-state index contributed by atoms with van der Waals surface area (Å²) in [5.41, 5.74) is 8.86. The quantitative estimate of drug-likeness (QED) is 0.328. The van der Waals surface area contributed by atoms with Crippen molar-refractivity contribution in [2.75, 3.05) is 25.0 Å². The van der Waals surface area contributed by atoms with Crippen molar-refractivity contribution in [1.29, 1.82) is 0 Å². The van der Waals surface area contributed by atoms with Crippen molar-refractivity contribution in [1.82, 2.24) is 16.0 Å². The molecule has 3 aromatic carbocycles. The minimum atomic E-state index is -0.498. The Morgan fingerprint density at radius 1 is 1.11 bits per heavy atom. The number of fused-ring (bicyclic) bond motifs is 1. The van der Waals surface area contributed by atoms with E-state index in [0.717, 1.165) is 41.3 Å². The Morgan fingerprint density at radius 2 is 1.91 bits per heavy atom. The van der Waals surface area contributed by atoms with Crippen LogP contribution in [0.4, 0.5) is 5.69 Å². The third kappa shape index (κ3) is 6.06. The molecule has 3 atom stereocenters. The topological polar surface area (TPSA) is 108 Å². The molecule has 1 aliphatic rings. The lowest BCUT2D eigenvalue weighted by Gasteiger charge is -2.20. The van der Waals surface area contributed by atoms with Crippen molar-refractivity contribution < 1.29 is 9.59 Å². The fourth-order valence-corrected chi connectivity index (χ4v) is 4.65. The molecule has 1 aliphatic heterocycles. The minimum absolute atomic E-state index is 0.179. The molecule has 1 fully saturated rings. The van der Waals surface area contributed by atoms with Crippen LogP contribution in [-0.2, 0) is 4.79 Å². The first-order valence-corrected chi connectivity index (χ1v) is 12.3. The lowest BCUT2D eigenvalue weighted by Crippen LogP contribution is -2.49. The van der Waals surface area contributed by atoms with Crippen LogP contribution in [0.15, 0.2) is 60.7 Å². The van der Waals surface area contributed by atoms with E-state index in [1.54, 1.807) is 6.07 Å². The van der Waals surface area contributed by atoms with Crippen molar-refractivity contribution >= 4 is 28.3 Å². The summed E-state index contributed by atoms with van der Waals surface area (Å²) >= 11 is 0. The fraction of sp³-hybridized carbons (Fsp3) is 0.357. The van der Waals surface area contributed by atoms with E-state index in [1.807, 2.05) is 50.2 Å². The second kappa shape index (κ2) is 11.4. The third-order valence-electron chi connectivity index (χ3n) is 6.71. The molecule has 7 heteroatoms. The van der Waals surface area contributed by atoms with E-state index >= 15 is 0 Å². The fourth-order valence-electron chi connectivity index (χ4n) is 4.65. The molecule has 0 aliphatic carbocycles. The smallest absolute Gasteiger partial charge is 0.252 e. The Kier molecular flexibility index (Phi) is 8.13. The molecule has 0 bridgehead atoms. The SMILES string of the molecule is Cc1ccc(NC(=O)[C@@H](CN)NC[C@H]2CCCN2)cc1C(=O)N[C@H](C)c1cccc2ccccc12. The van der Waals surface area contributed by atoms with Gasteiger partial charge in [-0.15, -0.1) is 0 Å². The van der Waals surface area contributed by atoms with Gasteiger partial charge in [0, 0.05) is 30.4 Å².